The number of aryl methyl sites for hydroxylation is 1. The third kappa shape index (κ3) is 1.20. The Hall–Kier alpha value is -2.09. The van der Waals surface area contributed by atoms with Gasteiger partial charge in [-0.25, -0.2) is 4.79 Å². The van der Waals surface area contributed by atoms with E-state index in [-0.39, 0.29) is 18.7 Å². The van der Waals surface area contributed by atoms with Crippen LogP contribution in [0.3, 0.4) is 0 Å². The number of fused-ring (bicyclic) bond motifs is 3. The number of hydrogen-bond donors (Lipinski definition) is 1. The number of aromatic nitrogens is 4. The van der Waals surface area contributed by atoms with Crippen LogP contribution in [0, 0.1) is 0 Å². The molecule has 3 rings (SSSR count). The number of rotatable bonds is 1. The number of imidazole rings is 1. The predicted octanol–water partition coefficient (Wildman–Crippen LogP) is -1.81. The van der Waals surface area contributed by atoms with Gasteiger partial charge >= 0.3 is 5.69 Å². The van der Waals surface area contributed by atoms with Crippen molar-refractivity contribution in [3.05, 3.63) is 20.8 Å². The molecule has 1 N–H and O–H groups in total. The van der Waals surface area contributed by atoms with Gasteiger partial charge in [0.05, 0.1) is 13.2 Å². The lowest BCUT2D eigenvalue weighted by Crippen LogP contribution is -2.37. The molecule has 0 saturated heterocycles. The van der Waals surface area contributed by atoms with Crippen LogP contribution in [0.2, 0.25) is 0 Å². The van der Waals surface area contributed by atoms with Gasteiger partial charge in [-0.3, -0.25) is 18.5 Å². The van der Waals surface area contributed by atoms with E-state index in [0.717, 1.165) is 4.57 Å². The maximum atomic E-state index is 12.1. The monoisotopic (exact) mass is 252 g/mol. The van der Waals surface area contributed by atoms with Crippen molar-refractivity contribution < 1.29 is 9.84 Å². The van der Waals surface area contributed by atoms with Crippen LogP contribution in [0.1, 0.15) is 0 Å². The first-order valence-electron chi connectivity index (χ1n) is 5.48. The molecule has 8 heteroatoms. The van der Waals surface area contributed by atoms with E-state index in [0.29, 0.717) is 17.7 Å². The molecule has 2 aromatic rings. The summed E-state index contributed by atoms with van der Waals surface area (Å²) >= 11 is 0. The van der Waals surface area contributed by atoms with Gasteiger partial charge in [-0.05, 0) is 0 Å². The number of aliphatic hydroxyl groups is 1. The lowest BCUT2D eigenvalue weighted by atomic mass is 10.4. The van der Waals surface area contributed by atoms with Gasteiger partial charge in [-0.1, -0.05) is 0 Å². The highest BCUT2D eigenvalue weighted by molar-refractivity contribution is 5.72. The third-order valence-corrected chi connectivity index (χ3v) is 3.17. The lowest BCUT2D eigenvalue weighted by molar-refractivity contribution is 0.130. The van der Waals surface area contributed by atoms with Gasteiger partial charge in [0.1, 0.15) is 6.10 Å². The molecule has 0 radical (unpaired) electrons. The van der Waals surface area contributed by atoms with Gasteiger partial charge in [-0.15, -0.1) is 0 Å². The van der Waals surface area contributed by atoms with Crippen LogP contribution in [-0.2, 0) is 20.6 Å². The molecular weight excluding hydrogens is 240 g/mol. The normalized spacial score (nSPS) is 18.1. The summed E-state index contributed by atoms with van der Waals surface area (Å²) in [6.07, 6.45) is -0.390. The number of hydrogen-bond acceptors (Lipinski definition) is 5. The molecule has 0 aromatic carbocycles. The van der Waals surface area contributed by atoms with Crippen molar-refractivity contribution in [2.75, 3.05) is 6.61 Å². The number of aliphatic hydroxyl groups excluding tert-OH is 1. The summed E-state index contributed by atoms with van der Waals surface area (Å²) in [7, 11) is 2.97. The minimum atomic E-state index is -0.428. The van der Waals surface area contributed by atoms with E-state index < -0.39 is 11.2 Å². The van der Waals surface area contributed by atoms with Gasteiger partial charge in [0.25, 0.3) is 11.6 Å². The highest BCUT2D eigenvalue weighted by atomic mass is 16.5. The Morgan fingerprint density at radius 2 is 2.11 bits per heavy atom. The smallest absolute Gasteiger partial charge is 0.332 e. The Bertz CT molecular complexity index is 754. The zero-order chi connectivity index (χ0) is 13.0. The Labute approximate surface area is 101 Å². The van der Waals surface area contributed by atoms with E-state index in [1.54, 1.807) is 11.6 Å². The standard InChI is InChI=1S/C10H12N4O4/c1-12-7-6(8(16)13(2)10(12)17)14-3-5(4-15)18-9(14)11-7/h5,15H,3-4H2,1-2H3. The van der Waals surface area contributed by atoms with Gasteiger partial charge in [0.2, 0.25) is 0 Å². The highest BCUT2D eigenvalue weighted by Crippen LogP contribution is 2.24. The van der Waals surface area contributed by atoms with Crippen LogP contribution >= 0.6 is 0 Å². The minimum absolute atomic E-state index is 0.142. The molecule has 0 aliphatic carbocycles. The molecule has 0 amide bonds. The summed E-state index contributed by atoms with van der Waals surface area (Å²) < 4.78 is 9.30. The third-order valence-electron chi connectivity index (χ3n) is 3.17. The first kappa shape index (κ1) is 11.0. The zero-order valence-corrected chi connectivity index (χ0v) is 9.95. The van der Waals surface area contributed by atoms with Crippen molar-refractivity contribution in [3.63, 3.8) is 0 Å². The van der Waals surface area contributed by atoms with E-state index in [9.17, 15) is 9.59 Å². The second-order valence-electron chi connectivity index (χ2n) is 4.31. The first-order valence-corrected chi connectivity index (χ1v) is 5.48. The average Bonchev–Trinajstić information content (AvgIpc) is 2.90. The van der Waals surface area contributed by atoms with Gasteiger partial charge < -0.3 is 9.84 Å². The number of nitrogens with zero attached hydrogens (tertiary/aromatic N) is 4. The van der Waals surface area contributed by atoms with Crippen molar-refractivity contribution in [1.82, 2.24) is 18.7 Å². The molecule has 0 spiro atoms. The highest BCUT2D eigenvalue weighted by Gasteiger charge is 2.29. The molecular formula is C10H12N4O4. The summed E-state index contributed by atoms with van der Waals surface area (Å²) in [6.45, 7) is 0.215. The fourth-order valence-electron chi connectivity index (χ4n) is 2.17. The molecule has 3 heterocycles. The fraction of sp³-hybridized carbons (Fsp3) is 0.500. The fourth-order valence-corrected chi connectivity index (χ4v) is 2.17. The van der Waals surface area contributed by atoms with E-state index >= 15 is 0 Å². The maximum absolute atomic E-state index is 12.1. The lowest BCUT2D eigenvalue weighted by Gasteiger charge is -2.06. The SMILES string of the molecule is Cn1c(=O)c2c(nc3n2CC(CO)O3)n(C)c1=O. The Morgan fingerprint density at radius 3 is 2.78 bits per heavy atom. The summed E-state index contributed by atoms with van der Waals surface area (Å²) in [4.78, 5) is 28.0. The van der Waals surface area contributed by atoms with E-state index in [2.05, 4.69) is 4.98 Å². The summed E-state index contributed by atoms with van der Waals surface area (Å²) in [6, 6.07) is 0.266. The van der Waals surface area contributed by atoms with Gasteiger partial charge in [0, 0.05) is 14.1 Å². The van der Waals surface area contributed by atoms with Crippen molar-refractivity contribution in [2.45, 2.75) is 12.6 Å². The maximum Gasteiger partial charge on any atom is 0.332 e. The molecule has 0 saturated carbocycles. The molecule has 0 bridgehead atoms. The van der Waals surface area contributed by atoms with Crippen molar-refractivity contribution >= 4 is 11.2 Å². The van der Waals surface area contributed by atoms with Crippen LogP contribution in [0.5, 0.6) is 6.01 Å². The number of ether oxygens (including phenoxy) is 1. The molecule has 1 atom stereocenters. The topological polar surface area (TPSA) is 91.3 Å². The second kappa shape index (κ2) is 3.45. The van der Waals surface area contributed by atoms with Crippen molar-refractivity contribution in [3.8, 4) is 6.01 Å². The Morgan fingerprint density at radius 1 is 1.39 bits per heavy atom. The van der Waals surface area contributed by atoms with Crippen LogP contribution in [0.25, 0.3) is 11.2 Å². The summed E-state index contributed by atoms with van der Waals surface area (Å²) in [5.74, 6) is 0. The first-order chi connectivity index (χ1) is 8.54. The van der Waals surface area contributed by atoms with Gasteiger partial charge in [0.15, 0.2) is 11.2 Å². The zero-order valence-electron chi connectivity index (χ0n) is 9.95. The Balaban J connectivity index is 2.40. The van der Waals surface area contributed by atoms with Crippen LogP contribution in [0.15, 0.2) is 9.59 Å². The Kier molecular flexibility index (Phi) is 2.11. The van der Waals surface area contributed by atoms with E-state index in [1.165, 1.54) is 11.6 Å². The summed E-state index contributed by atoms with van der Waals surface area (Å²) in [5.41, 5.74) is -0.211. The molecule has 1 aliphatic rings. The average molecular weight is 252 g/mol. The predicted molar refractivity (Wildman–Crippen MR) is 61.7 cm³/mol. The molecule has 96 valence electrons. The largest absolute Gasteiger partial charge is 0.457 e. The van der Waals surface area contributed by atoms with E-state index in [1.807, 2.05) is 0 Å². The molecule has 0 fully saturated rings. The van der Waals surface area contributed by atoms with Gasteiger partial charge in [-0.2, -0.15) is 4.98 Å². The minimum Gasteiger partial charge on any atom is -0.457 e. The summed E-state index contributed by atoms with van der Waals surface area (Å²) in [5, 5.41) is 9.05. The van der Waals surface area contributed by atoms with Crippen molar-refractivity contribution in [1.29, 1.82) is 0 Å². The van der Waals surface area contributed by atoms with Crippen LogP contribution < -0.4 is 16.0 Å². The van der Waals surface area contributed by atoms with Crippen LogP contribution in [0.4, 0.5) is 0 Å². The van der Waals surface area contributed by atoms with Crippen LogP contribution in [-0.4, -0.2) is 36.5 Å². The molecule has 8 nitrogen and oxygen atoms in total. The van der Waals surface area contributed by atoms with E-state index in [4.69, 9.17) is 9.84 Å². The quantitative estimate of drug-likeness (QED) is 0.645. The molecule has 1 aliphatic heterocycles. The molecule has 2 aromatic heterocycles. The molecule has 1 unspecified atom stereocenters. The second-order valence-corrected chi connectivity index (χ2v) is 4.31. The molecule has 18 heavy (non-hydrogen) atoms. The van der Waals surface area contributed by atoms with Crippen molar-refractivity contribution in [2.24, 2.45) is 14.1 Å².